The highest BCUT2D eigenvalue weighted by molar-refractivity contribution is 5.93. The summed E-state index contributed by atoms with van der Waals surface area (Å²) in [4.78, 5) is 23.8. The third-order valence-corrected chi connectivity index (χ3v) is 4.59. The largest absolute Gasteiger partial charge is 0.455 e. The standard InChI is InChI=1S/C15H22O5/c1-8-5-4-6-15(3,19)13(17)12-10(7-11(8)16)9(2)14(18)20-12/h8,10,12-13,17,19H,2,4-7H2,1,3H3/t8-,10+,12+,13-,15?/m1/s1. The van der Waals surface area contributed by atoms with Gasteiger partial charge in [-0.15, -0.1) is 0 Å². The normalized spacial score (nSPS) is 43.1. The number of carbonyl (C=O) groups excluding carboxylic acids is 2. The van der Waals surface area contributed by atoms with Crippen molar-refractivity contribution in [2.75, 3.05) is 0 Å². The number of aliphatic hydroxyl groups excluding tert-OH is 1. The van der Waals surface area contributed by atoms with Crippen molar-refractivity contribution in [3.05, 3.63) is 12.2 Å². The summed E-state index contributed by atoms with van der Waals surface area (Å²) in [5, 5.41) is 20.7. The van der Waals surface area contributed by atoms with Crippen LogP contribution in [0.4, 0.5) is 0 Å². The van der Waals surface area contributed by atoms with Gasteiger partial charge >= 0.3 is 5.97 Å². The highest BCUT2D eigenvalue weighted by Gasteiger charge is 2.49. The van der Waals surface area contributed by atoms with Crippen LogP contribution in [0.5, 0.6) is 0 Å². The van der Waals surface area contributed by atoms with Crippen molar-refractivity contribution in [1.82, 2.24) is 0 Å². The summed E-state index contributed by atoms with van der Waals surface area (Å²) in [6.45, 7) is 7.06. The van der Waals surface area contributed by atoms with E-state index in [1.54, 1.807) is 0 Å². The Balaban J connectivity index is 2.32. The molecule has 0 bridgehead atoms. The predicted octanol–water partition coefficient (Wildman–Crippen LogP) is 0.975. The lowest BCUT2D eigenvalue weighted by molar-refractivity contribution is -0.161. The first kappa shape index (κ1) is 15.2. The van der Waals surface area contributed by atoms with Crippen LogP contribution < -0.4 is 0 Å². The van der Waals surface area contributed by atoms with E-state index in [0.29, 0.717) is 19.3 Å². The molecule has 0 radical (unpaired) electrons. The molecule has 0 amide bonds. The summed E-state index contributed by atoms with van der Waals surface area (Å²) in [5.74, 6) is -1.20. The maximum absolute atomic E-state index is 12.1. The van der Waals surface area contributed by atoms with E-state index < -0.39 is 29.7 Å². The second-order valence-electron chi connectivity index (χ2n) is 6.27. The average Bonchev–Trinajstić information content (AvgIpc) is 2.64. The number of esters is 1. The SMILES string of the molecule is C=C1C(=O)O[C@@H]2[C@@H](O)C(C)(O)CCC[C@@H](C)C(=O)C[C@@H]12. The molecular weight excluding hydrogens is 260 g/mol. The lowest BCUT2D eigenvalue weighted by Crippen LogP contribution is -2.49. The van der Waals surface area contributed by atoms with Gasteiger partial charge in [-0.05, 0) is 26.2 Å². The van der Waals surface area contributed by atoms with Crippen molar-refractivity contribution in [1.29, 1.82) is 0 Å². The molecule has 1 aliphatic carbocycles. The lowest BCUT2D eigenvalue weighted by Gasteiger charge is -2.35. The summed E-state index contributed by atoms with van der Waals surface area (Å²) in [6, 6.07) is 0. The van der Waals surface area contributed by atoms with E-state index in [-0.39, 0.29) is 23.7 Å². The second kappa shape index (κ2) is 5.30. The van der Waals surface area contributed by atoms with E-state index in [1.165, 1.54) is 6.92 Å². The molecule has 2 fully saturated rings. The molecule has 5 heteroatoms. The molecule has 1 aliphatic heterocycles. The monoisotopic (exact) mass is 282 g/mol. The van der Waals surface area contributed by atoms with Crippen LogP contribution in [0.2, 0.25) is 0 Å². The zero-order chi connectivity index (χ0) is 15.1. The highest BCUT2D eigenvalue weighted by Crippen LogP contribution is 2.38. The molecular formula is C15H22O5. The number of carbonyl (C=O) groups is 2. The Morgan fingerprint density at radius 1 is 1.40 bits per heavy atom. The zero-order valence-corrected chi connectivity index (χ0v) is 12.0. The van der Waals surface area contributed by atoms with Crippen LogP contribution in [0.3, 0.4) is 0 Å². The minimum atomic E-state index is -1.34. The number of fused-ring (bicyclic) bond motifs is 1. The molecule has 2 aliphatic rings. The van der Waals surface area contributed by atoms with Crippen LogP contribution in [-0.2, 0) is 14.3 Å². The smallest absolute Gasteiger partial charge is 0.334 e. The van der Waals surface area contributed by atoms with Gasteiger partial charge in [0.05, 0.1) is 5.60 Å². The minimum Gasteiger partial charge on any atom is -0.455 e. The number of rotatable bonds is 0. The molecule has 1 unspecified atom stereocenters. The molecule has 1 heterocycles. The molecule has 0 spiro atoms. The van der Waals surface area contributed by atoms with Gasteiger partial charge in [0.2, 0.25) is 0 Å². The fourth-order valence-corrected chi connectivity index (χ4v) is 3.00. The molecule has 0 aromatic carbocycles. The van der Waals surface area contributed by atoms with Gasteiger partial charge in [-0.3, -0.25) is 4.79 Å². The first-order chi connectivity index (χ1) is 9.24. The van der Waals surface area contributed by atoms with E-state index in [0.717, 1.165) is 0 Å². The molecule has 1 saturated carbocycles. The third-order valence-electron chi connectivity index (χ3n) is 4.59. The summed E-state index contributed by atoms with van der Waals surface area (Å²) >= 11 is 0. The lowest BCUT2D eigenvalue weighted by atomic mass is 9.77. The first-order valence-electron chi connectivity index (χ1n) is 7.07. The van der Waals surface area contributed by atoms with Crippen molar-refractivity contribution >= 4 is 11.8 Å². The van der Waals surface area contributed by atoms with Crippen LogP contribution in [-0.4, -0.2) is 39.8 Å². The number of aliphatic hydroxyl groups is 2. The van der Waals surface area contributed by atoms with E-state index in [9.17, 15) is 19.8 Å². The van der Waals surface area contributed by atoms with Crippen LogP contribution in [0.1, 0.15) is 39.5 Å². The van der Waals surface area contributed by atoms with Crippen molar-refractivity contribution in [3.8, 4) is 0 Å². The maximum atomic E-state index is 12.1. The molecule has 112 valence electrons. The molecule has 2 rings (SSSR count). The van der Waals surface area contributed by atoms with Crippen LogP contribution in [0.15, 0.2) is 12.2 Å². The van der Waals surface area contributed by atoms with E-state index in [4.69, 9.17) is 4.74 Å². The van der Waals surface area contributed by atoms with Crippen LogP contribution >= 0.6 is 0 Å². The molecule has 5 atom stereocenters. The van der Waals surface area contributed by atoms with Crippen molar-refractivity contribution in [2.45, 2.75) is 57.3 Å². The fraction of sp³-hybridized carbons (Fsp3) is 0.733. The molecule has 2 N–H and O–H groups in total. The van der Waals surface area contributed by atoms with E-state index in [1.807, 2.05) is 6.92 Å². The van der Waals surface area contributed by atoms with Gasteiger partial charge in [-0.2, -0.15) is 0 Å². The Morgan fingerprint density at radius 3 is 2.70 bits per heavy atom. The highest BCUT2D eigenvalue weighted by atomic mass is 16.6. The van der Waals surface area contributed by atoms with Gasteiger partial charge in [0.15, 0.2) is 0 Å². The minimum absolute atomic E-state index is 0.0493. The summed E-state index contributed by atoms with van der Waals surface area (Å²) in [7, 11) is 0. The van der Waals surface area contributed by atoms with Gasteiger partial charge in [-0.1, -0.05) is 13.5 Å². The molecule has 1 saturated heterocycles. The zero-order valence-electron chi connectivity index (χ0n) is 12.0. The Kier molecular flexibility index (Phi) is 4.02. The van der Waals surface area contributed by atoms with Crippen LogP contribution in [0.25, 0.3) is 0 Å². The van der Waals surface area contributed by atoms with E-state index in [2.05, 4.69) is 6.58 Å². The number of ketones is 1. The third kappa shape index (κ3) is 2.65. The summed E-state index contributed by atoms with van der Waals surface area (Å²) in [5.41, 5.74) is -1.13. The fourth-order valence-electron chi connectivity index (χ4n) is 3.00. The molecule has 0 aromatic rings. The molecule has 5 nitrogen and oxygen atoms in total. The van der Waals surface area contributed by atoms with Gasteiger partial charge in [0.25, 0.3) is 0 Å². The second-order valence-corrected chi connectivity index (χ2v) is 6.27. The average molecular weight is 282 g/mol. The van der Waals surface area contributed by atoms with Gasteiger partial charge < -0.3 is 14.9 Å². The van der Waals surface area contributed by atoms with Gasteiger partial charge in [-0.25, -0.2) is 4.79 Å². The molecule has 20 heavy (non-hydrogen) atoms. The van der Waals surface area contributed by atoms with Crippen molar-refractivity contribution in [2.24, 2.45) is 11.8 Å². The Hall–Kier alpha value is -1.20. The van der Waals surface area contributed by atoms with E-state index >= 15 is 0 Å². The van der Waals surface area contributed by atoms with Gasteiger partial charge in [0.1, 0.15) is 18.0 Å². The first-order valence-corrected chi connectivity index (χ1v) is 7.07. The summed E-state index contributed by atoms with van der Waals surface area (Å²) < 4.78 is 5.14. The number of hydrogen-bond donors (Lipinski definition) is 2. The van der Waals surface area contributed by atoms with Crippen molar-refractivity contribution < 1.29 is 24.5 Å². The quantitative estimate of drug-likeness (QED) is 0.511. The summed E-state index contributed by atoms with van der Waals surface area (Å²) in [6.07, 6.45) is -0.303. The predicted molar refractivity (Wildman–Crippen MR) is 71.8 cm³/mol. The van der Waals surface area contributed by atoms with Gasteiger partial charge in [0, 0.05) is 23.8 Å². The van der Waals surface area contributed by atoms with Crippen molar-refractivity contribution in [3.63, 3.8) is 0 Å². The Bertz CT molecular complexity index is 440. The number of hydrogen-bond acceptors (Lipinski definition) is 5. The molecule has 0 aromatic heterocycles. The number of ether oxygens (including phenoxy) is 1. The Morgan fingerprint density at radius 2 is 2.05 bits per heavy atom. The number of Topliss-reactive ketones (excluding diaryl/α,β-unsaturated/α-hetero) is 1. The Labute approximate surface area is 118 Å². The maximum Gasteiger partial charge on any atom is 0.334 e. The van der Waals surface area contributed by atoms with Crippen LogP contribution in [0, 0.1) is 11.8 Å². The topological polar surface area (TPSA) is 83.8 Å².